The van der Waals surface area contributed by atoms with Gasteiger partial charge in [-0.05, 0) is 11.1 Å². The second kappa shape index (κ2) is 8.84. The van der Waals surface area contributed by atoms with Gasteiger partial charge in [0, 0.05) is 6.42 Å². The van der Waals surface area contributed by atoms with Gasteiger partial charge >= 0.3 is 18.0 Å². The number of rotatable bonds is 6. The number of hydrogen-bond donors (Lipinski definition) is 1. The number of alkyl carbamates (subject to hydrolysis) is 1. The van der Waals surface area contributed by atoms with Crippen LogP contribution in [0.5, 0.6) is 0 Å². The average Bonchev–Trinajstić information content (AvgIpc) is 3.06. The standard InChI is InChI=1S/C20H19NO6/c22-18-16(21-20(24)26-13-15-9-5-2-6-10-15)11-17(27-18)19(23)25-12-14-7-3-1-4-8-14/h1-10,16-17H,11-13H2,(H,21,24)/t16-,17?/m1/s1. The zero-order valence-corrected chi connectivity index (χ0v) is 14.5. The first-order chi connectivity index (χ1) is 13.1. The molecule has 2 aromatic carbocycles. The molecule has 1 aliphatic rings. The number of carbonyl (C=O) groups is 3. The van der Waals surface area contributed by atoms with Gasteiger partial charge in [0.1, 0.15) is 19.3 Å². The van der Waals surface area contributed by atoms with Gasteiger partial charge in [0.05, 0.1) is 0 Å². The summed E-state index contributed by atoms with van der Waals surface area (Å²) in [6.07, 6.45) is -1.79. The predicted molar refractivity (Wildman–Crippen MR) is 94.3 cm³/mol. The number of benzene rings is 2. The van der Waals surface area contributed by atoms with Crippen molar-refractivity contribution in [2.24, 2.45) is 0 Å². The van der Waals surface area contributed by atoms with Crippen molar-refractivity contribution in [3.05, 3.63) is 71.8 Å². The highest BCUT2D eigenvalue weighted by atomic mass is 16.6. The smallest absolute Gasteiger partial charge is 0.408 e. The number of carbonyl (C=O) groups excluding carboxylic acids is 3. The number of cyclic esters (lactones) is 1. The van der Waals surface area contributed by atoms with E-state index >= 15 is 0 Å². The summed E-state index contributed by atoms with van der Waals surface area (Å²) >= 11 is 0. The lowest BCUT2D eigenvalue weighted by Gasteiger charge is -2.10. The van der Waals surface area contributed by atoms with E-state index in [1.807, 2.05) is 60.7 Å². The number of amides is 1. The highest BCUT2D eigenvalue weighted by molar-refractivity contribution is 5.88. The molecular formula is C20H19NO6. The van der Waals surface area contributed by atoms with Gasteiger partial charge in [-0.3, -0.25) is 0 Å². The zero-order valence-electron chi connectivity index (χ0n) is 14.5. The van der Waals surface area contributed by atoms with E-state index in [2.05, 4.69) is 5.32 Å². The molecule has 1 heterocycles. The van der Waals surface area contributed by atoms with Crippen molar-refractivity contribution < 1.29 is 28.6 Å². The summed E-state index contributed by atoms with van der Waals surface area (Å²) in [4.78, 5) is 35.8. The van der Waals surface area contributed by atoms with Crippen molar-refractivity contribution in [2.75, 3.05) is 0 Å². The molecular weight excluding hydrogens is 350 g/mol. The largest absolute Gasteiger partial charge is 0.458 e. The van der Waals surface area contributed by atoms with E-state index < -0.39 is 30.2 Å². The number of esters is 2. The Morgan fingerprint density at radius 2 is 1.48 bits per heavy atom. The molecule has 1 fully saturated rings. The maximum Gasteiger partial charge on any atom is 0.408 e. The Labute approximate surface area is 156 Å². The van der Waals surface area contributed by atoms with Crippen molar-refractivity contribution >= 4 is 18.0 Å². The lowest BCUT2D eigenvalue weighted by Crippen LogP contribution is -2.38. The highest BCUT2D eigenvalue weighted by Crippen LogP contribution is 2.17. The summed E-state index contributed by atoms with van der Waals surface area (Å²) in [5.74, 6) is -1.33. The summed E-state index contributed by atoms with van der Waals surface area (Å²) < 4.78 is 15.2. The fourth-order valence-corrected chi connectivity index (χ4v) is 2.57. The van der Waals surface area contributed by atoms with Crippen LogP contribution in [0.4, 0.5) is 4.79 Å². The second-order valence-electron chi connectivity index (χ2n) is 6.01. The van der Waals surface area contributed by atoms with Crippen LogP contribution in [0.1, 0.15) is 17.5 Å². The molecule has 2 aromatic rings. The second-order valence-corrected chi connectivity index (χ2v) is 6.01. The summed E-state index contributed by atoms with van der Waals surface area (Å²) in [5, 5.41) is 2.41. The molecule has 7 heteroatoms. The maximum absolute atomic E-state index is 12.1. The van der Waals surface area contributed by atoms with Crippen LogP contribution in [-0.2, 0) is 37.0 Å². The van der Waals surface area contributed by atoms with Crippen LogP contribution in [0.3, 0.4) is 0 Å². The Morgan fingerprint density at radius 3 is 2.07 bits per heavy atom. The lowest BCUT2D eigenvalue weighted by atomic mass is 10.2. The number of nitrogens with one attached hydrogen (secondary N) is 1. The SMILES string of the molecule is O=C(N[C@@H]1CC(C(=O)OCc2ccccc2)OC1=O)OCc1ccccc1. The summed E-state index contributed by atoms with van der Waals surface area (Å²) in [6, 6.07) is 17.4. The molecule has 0 aliphatic carbocycles. The normalized spacial score (nSPS) is 18.4. The van der Waals surface area contributed by atoms with Crippen molar-refractivity contribution in [1.82, 2.24) is 5.32 Å². The van der Waals surface area contributed by atoms with Crippen molar-refractivity contribution in [3.63, 3.8) is 0 Å². The minimum absolute atomic E-state index is 0.00684. The zero-order chi connectivity index (χ0) is 19.1. The van der Waals surface area contributed by atoms with Crippen molar-refractivity contribution in [3.8, 4) is 0 Å². The maximum atomic E-state index is 12.1. The number of ether oxygens (including phenoxy) is 3. The molecule has 140 valence electrons. The molecule has 1 N–H and O–H groups in total. The van der Waals surface area contributed by atoms with Crippen molar-refractivity contribution in [2.45, 2.75) is 31.8 Å². The van der Waals surface area contributed by atoms with Crippen LogP contribution < -0.4 is 5.32 Å². The van der Waals surface area contributed by atoms with E-state index in [9.17, 15) is 14.4 Å². The summed E-state index contributed by atoms with van der Waals surface area (Å²) in [5.41, 5.74) is 1.65. The third-order valence-electron chi connectivity index (χ3n) is 3.98. The van der Waals surface area contributed by atoms with E-state index in [4.69, 9.17) is 14.2 Å². The molecule has 0 radical (unpaired) electrons. The molecule has 0 spiro atoms. The average molecular weight is 369 g/mol. The van der Waals surface area contributed by atoms with Crippen LogP contribution in [-0.4, -0.2) is 30.2 Å². The van der Waals surface area contributed by atoms with Crippen LogP contribution in [0.15, 0.2) is 60.7 Å². The van der Waals surface area contributed by atoms with E-state index in [0.717, 1.165) is 11.1 Å². The van der Waals surface area contributed by atoms with Gasteiger partial charge in [0.15, 0.2) is 0 Å². The Hall–Kier alpha value is -3.35. The third-order valence-corrected chi connectivity index (χ3v) is 3.98. The molecule has 0 aromatic heterocycles. The Bertz CT molecular complexity index is 793. The van der Waals surface area contributed by atoms with Gasteiger partial charge < -0.3 is 19.5 Å². The van der Waals surface area contributed by atoms with Gasteiger partial charge in [0.2, 0.25) is 6.10 Å². The van der Waals surface area contributed by atoms with Crippen LogP contribution in [0, 0.1) is 0 Å². The first-order valence-corrected chi connectivity index (χ1v) is 8.50. The molecule has 27 heavy (non-hydrogen) atoms. The molecule has 1 aliphatic heterocycles. The first-order valence-electron chi connectivity index (χ1n) is 8.50. The molecule has 1 saturated heterocycles. The van der Waals surface area contributed by atoms with Gasteiger partial charge in [-0.2, -0.15) is 0 Å². The summed E-state index contributed by atoms with van der Waals surface area (Å²) in [7, 11) is 0. The van der Waals surface area contributed by atoms with Crippen molar-refractivity contribution in [1.29, 1.82) is 0 Å². The number of hydrogen-bond acceptors (Lipinski definition) is 6. The Balaban J connectivity index is 1.44. The lowest BCUT2D eigenvalue weighted by molar-refractivity contribution is -0.162. The summed E-state index contributed by atoms with van der Waals surface area (Å²) in [6.45, 7) is 0.169. The Kier molecular flexibility index (Phi) is 6.04. The minimum Gasteiger partial charge on any atom is -0.458 e. The van der Waals surface area contributed by atoms with E-state index in [1.54, 1.807) is 0 Å². The molecule has 1 amide bonds. The predicted octanol–water partition coefficient (Wildman–Crippen LogP) is 2.34. The molecule has 1 unspecified atom stereocenters. The van der Waals surface area contributed by atoms with Crippen LogP contribution >= 0.6 is 0 Å². The van der Waals surface area contributed by atoms with E-state index in [-0.39, 0.29) is 19.6 Å². The highest BCUT2D eigenvalue weighted by Gasteiger charge is 2.40. The fourth-order valence-electron chi connectivity index (χ4n) is 2.57. The minimum atomic E-state index is -1.04. The van der Waals surface area contributed by atoms with Crippen LogP contribution in [0.2, 0.25) is 0 Å². The van der Waals surface area contributed by atoms with Crippen LogP contribution in [0.25, 0.3) is 0 Å². The van der Waals surface area contributed by atoms with Gasteiger partial charge in [-0.1, -0.05) is 60.7 Å². The Morgan fingerprint density at radius 1 is 0.926 bits per heavy atom. The third kappa shape index (κ3) is 5.31. The van der Waals surface area contributed by atoms with E-state index in [1.165, 1.54) is 0 Å². The fraction of sp³-hybridized carbons (Fsp3) is 0.250. The van der Waals surface area contributed by atoms with Gasteiger partial charge in [0.25, 0.3) is 0 Å². The topological polar surface area (TPSA) is 90.9 Å². The molecule has 0 saturated carbocycles. The molecule has 7 nitrogen and oxygen atoms in total. The molecule has 0 bridgehead atoms. The first kappa shape index (κ1) is 18.4. The van der Waals surface area contributed by atoms with Gasteiger partial charge in [-0.15, -0.1) is 0 Å². The van der Waals surface area contributed by atoms with Gasteiger partial charge in [-0.25, -0.2) is 14.4 Å². The molecule has 3 rings (SSSR count). The van der Waals surface area contributed by atoms with E-state index in [0.29, 0.717) is 0 Å². The molecule has 2 atom stereocenters. The quantitative estimate of drug-likeness (QED) is 0.621. The monoisotopic (exact) mass is 369 g/mol.